The average molecular weight is 411 g/mol. The maximum absolute atomic E-state index is 6.20. The number of aromatic nitrogens is 6. The van der Waals surface area contributed by atoms with Gasteiger partial charge >= 0.3 is 0 Å². The minimum Gasteiger partial charge on any atom is -0.334 e. The highest BCUT2D eigenvalue weighted by Crippen LogP contribution is 2.41. The van der Waals surface area contributed by atoms with Gasteiger partial charge in [0.25, 0.3) is 5.89 Å². The molecule has 3 heterocycles. The average Bonchev–Trinajstić information content (AvgIpc) is 3.30. The van der Waals surface area contributed by atoms with E-state index in [1.807, 2.05) is 36.5 Å². The topological polar surface area (TPSA) is 82.5 Å². The Hall–Kier alpha value is -2.71. The molecule has 0 amide bonds. The van der Waals surface area contributed by atoms with Crippen LogP contribution in [0.25, 0.3) is 22.8 Å². The molecule has 0 atom stereocenters. The van der Waals surface area contributed by atoms with Crippen LogP contribution in [0.3, 0.4) is 0 Å². The number of nitrogens with zero attached hydrogens (tertiary/aromatic N) is 6. The number of thioether (sulfide) groups is 1. The lowest BCUT2D eigenvalue weighted by Gasteiger charge is -2.07. The van der Waals surface area contributed by atoms with Gasteiger partial charge < -0.3 is 4.52 Å². The fourth-order valence-corrected chi connectivity index (χ4v) is 3.98. The van der Waals surface area contributed by atoms with Crippen molar-refractivity contribution in [1.29, 1.82) is 0 Å². The van der Waals surface area contributed by atoms with Crippen molar-refractivity contribution in [1.82, 2.24) is 29.9 Å². The third-order valence-electron chi connectivity index (χ3n) is 4.40. The second kappa shape index (κ2) is 7.37. The molecule has 9 heteroatoms. The molecule has 28 heavy (non-hydrogen) atoms. The van der Waals surface area contributed by atoms with Gasteiger partial charge in [0, 0.05) is 24.0 Å². The highest BCUT2D eigenvalue weighted by molar-refractivity contribution is 7.98. The smallest absolute Gasteiger partial charge is 0.259 e. The van der Waals surface area contributed by atoms with Crippen molar-refractivity contribution in [2.24, 2.45) is 0 Å². The summed E-state index contributed by atoms with van der Waals surface area (Å²) in [5.41, 5.74) is 1.70. The van der Waals surface area contributed by atoms with E-state index in [2.05, 4.69) is 29.9 Å². The van der Waals surface area contributed by atoms with Crippen molar-refractivity contribution in [3.63, 3.8) is 0 Å². The highest BCUT2D eigenvalue weighted by atomic mass is 35.5. The Morgan fingerprint density at radius 3 is 2.82 bits per heavy atom. The molecule has 1 aliphatic rings. The van der Waals surface area contributed by atoms with E-state index in [0.29, 0.717) is 28.5 Å². The number of rotatable bonds is 6. The molecule has 3 aromatic heterocycles. The van der Waals surface area contributed by atoms with Crippen molar-refractivity contribution in [2.45, 2.75) is 29.8 Å². The van der Waals surface area contributed by atoms with E-state index in [-0.39, 0.29) is 0 Å². The van der Waals surface area contributed by atoms with E-state index >= 15 is 0 Å². The van der Waals surface area contributed by atoms with Crippen LogP contribution in [0.2, 0.25) is 5.02 Å². The van der Waals surface area contributed by atoms with Gasteiger partial charge in [-0.05, 0) is 37.1 Å². The first kappa shape index (κ1) is 17.4. The van der Waals surface area contributed by atoms with Crippen LogP contribution in [0, 0.1) is 0 Å². The Labute approximate surface area is 170 Å². The van der Waals surface area contributed by atoms with Crippen molar-refractivity contribution >= 4 is 23.4 Å². The molecule has 1 fully saturated rings. The van der Waals surface area contributed by atoms with Crippen LogP contribution >= 0.6 is 23.4 Å². The summed E-state index contributed by atoms with van der Waals surface area (Å²) < 4.78 is 7.57. The largest absolute Gasteiger partial charge is 0.334 e. The molecule has 1 aliphatic carbocycles. The maximum Gasteiger partial charge on any atom is 0.259 e. The summed E-state index contributed by atoms with van der Waals surface area (Å²) in [5, 5.41) is 14.3. The van der Waals surface area contributed by atoms with Gasteiger partial charge in [-0.25, -0.2) is 0 Å². The number of hydrogen-bond acceptors (Lipinski definition) is 7. The van der Waals surface area contributed by atoms with Gasteiger partial charge in [0.05, 0.1) is 16.3 Å². The third kappa shape index (κ3) is 3.41. The van der Waals surface area contributed by atoms with Gasteiger partial charge in [-0.1, -0.05) is 40.7 Å². The molecular formula is C19H15ClN6OS. The number of benzene rings is 1. The van der Waals surface area contributed by atoms with Crippen LogP contribution in [-0.4, -0.2) is 29.9 Å². The Morgan fingerprint density at radius 2 is 2.04 bits per heavy atom. The van der Waals surface area contributed by atoms with Crippen molar-refractivity contribution in [2.75, 3.05) is 0 Å². The Morgan fingerprint density at radius 1 is 1.14 bits per heavy atom. The van der Waals surface area contributed by atoms with E-state index in [1.165, 1.54) is 0 Å². The number of hydrogen-bond donors (Lipinski definition) is 0. The zero-order valence-corrected chi connectivity index (χ0v) is 16.3. The van der Waals surface area contributed by atoms with Gasteiger partial charge in [0.2, 0.25) is 0 Å². The molecular weight excluding hydrogens is 396 g/mol. The van der Waals surface area contributed by atoms with Crippen LogP contribution < -0.4 is 0 Å². The van der Waals surface area contributed by atoms with Crippen molar-refractivity contribution in [3.8, 4) is 22.8 Å². The molecule has 1 aromatic carbocycles. The Balaban J connectivity index is 1.37. The van der Waals surface area contributed by atoms with E-state index < -0.39 is 0 Å². The summed E-state index contributed by atoms with van der Waals surface area (Å²) in [6, 6.07) is 11.8. The summed E-state index contributed by atoms with van der Waals surface area (Å²) in [6.07, 6.45) is 5.84. The summed E-state index contributed by atoms with van der Waals surface area (Å²) in [7, 11) is 0. The standard InChI is InChI=1S/C19H15ClN6OS/c20-15-6-2-1-5-14(15)18-22-16(25-27-18)11-28-19-24-23-17(26(19)13-7-8-13)12-4-3-9-21-10-12/h1-6,9-10,13H,7-8,11H2. The lowest BCUT2D eigenvalue weighted by Crippen LogP contribution is -2.00. The molecule has 7 nitrogen and oxygen atoms in total. The van der Waals surface area contributed by atoms with Crippen LogP contribution in [0.1, 0.15) is 24.7 Å². The molecule has 0 radical (unpaired) electrons. The van der Waals surface area contributed by atoms with Crippen LogP contribution in [0.15, 0.2) is 58.5 Å². The summed E-state index contributed by atoms with van der Waals surface area (Å²) >= 11 is 7.75. The molecule has 5 rings (SSSR count). The monoisotopic (exact) mass is 410 g/mol. The lowest BCUT2D eigenvalue weighted by atomic mass is 10.2. The predicted octanol–water partition coefficient (Wildman–Crippen LogP) is 4.67. The SMILES string of the molecule is Clc1ccccc1-c1nc(CSc2nnc(-c3cccnc3)n2C2CC2)no1. The molecule has 0 spiro atoms. The van der Waals surface area contributed by atoms with Gasteiger partial charge in [-0.2, -0.15) is 4.98 Å². The molecule has 0 N–H and O–H groups in total. The van der Waals surface area contributed by atoms with E-state index in [1.54, 1.807) is 24.0 Å². The Kier molecular flexibility index (Phi) is 4.58. The first-order valence-corrected chi connectivity index (χ1v) is 10.2. The minimum absolute atomic E-state index is 0.418. The normalized spacial score (nSPS) is 13.8. The predicted molar refractivity (Wildman–Crippen MR) is 106 cm³/mol. The summed E-state index contributed by atoms with van der Waals surface area (Å²) in [4.78, 5) is 8.65. The van der Waals surface area contributed by atoms with Crippen molar-refractivity contribution < 1.29 is 4.52 Å². The summed E-state index contributed by atoms with van der Waals surface area (Å²) in [6.45, 7) is 0. The fraction of sp³-hybridized carbons (Fsp3) is 0.211. The minimum atomic E-state index is 0.418. The third-order valence-corrected chi connectivity index (χ3v) is 5.67. The molecule has 0 bridgehead atoms. The molecule has 0 unspecified atom stereocenters. The van der Waals surface area contributed by atoms with E-state index in [9.17, 15) is 0 Å². The Bertz CT molecular complexity index is 1110. The van der Waals surface area contributed by atoms with E-state index in [4.69, 9.17) is 16.1 Å². The highest BCUT2D eigenvalue weighted by Gasteiger charge is 2.30. The van der Waals surface area contributed by atoms with Crippen LogP contribution in [-0.2, 0) is 5.75 Å². The fourth-order valence-electron chi connectivity index (χ4n) is 2.91. The second-order valence-electron chi connectivity index (χ2n) is 6.43. The van der Waals surface area contributed by atoms with E-state index in [0.717, 1.165) is 34.9 Å². The second-order valence-corrected chi connectivity index (χ2v) is 7.78. The van der Waals surface area contributed by atoms with Crippen molar-refractivity contribution in [3.05, 3.63) is 59.6 Å². The van der Waals surface area contributed by atoms with Crippen LogP contribution in [0.4, 0.5) is 0 Å². The van der Waals surface area contributed by atoms with Crippen LogP contribution in [0.5, 0.6) is 0 Å². The zero-order chi connectivity index (χ0) is 18.9. The quantitative estimate of drug-likeness (QED) is 0.427. The molecule has 0 aliphatic heterocycles. The first-order valence-electron chi connectivity index (χ1n) is 8.85. The molecule has 140 valence electrons. The molecule has 1 saturated carbocycles. The maximum atomic E-state index is 6.20. The van der Waals surface area contributed by atoms with Gasteiger partial charge in [0.1, 0.15) is 0 Å². The zero-order valence-electron chi connectivity index (χ0n) is 14.7. The lowest BCUT2D eigenvalue weighted by molar-refractivity contribution is 0.425. The number of pyridine rings is 1. The first-order chi connectivity index (χ1) is 13.8. The molecule has 4 aromatic rings. The van der Waals surface area contributed by atoms with Gasteiger partial charge in [-0.3, -0.25) is 9.55 Å². The summed E-state index contributed by atoms with van der Waals surface area (Å²) in [5.74, 6) is 2.39. The molecule has 0 saturated heterocycles. The van der Waals surface area contributed by atoms with Gasteiger partial charge in [-0.15, -0.1) is 10.2 Å². The number of halogens is 1. The van der Waals surface area contributed by atoms with Gasteiger partial charge in [0.15, 0.2) is 16.8 Å².